The predicted molar refractivity (Wildman–Crippen MR) is 54.2 cm³/mol. The number of nitrogens with one attached hydrogen (secondary N) is 1. The lowest BCUT2D eigenvalue weighted by molar-refractivity contribution is 0.413. The largest absolute Gasteiger partial charge is 0.495 e. The van der Waals surface area contributed by atoms with E-state index in [2.05, 4.69) is 10.4 Å². The van der Waals surface area contributed by atoms with Gasteiger partial charge in [-0.05, 0) is 24.3 Å². The van der Waals surface area contributed by atoms with Crippen molar-refractivity contribution in [2.75, 3.05) is 12.5 Å². The third-order valence-electron chi connectivity index (χ3n) is 1.82. The third kappa shape index (κ3) is 1.85. The Bertz CT molecular complexity index is 380. The summed E-state index contributed by atoms with van der Waals surface area (Å²) in [6.07, 6.45) is 5.49. The van der Waals surface area contributed by atoms with Crippen molar-refractivity contribution in [1.82, 2.24) is 9.66 Å². The highest BCUT2D eigenvalue weighted by atomic mass is 16.5. The van der Waals surface area contributed by atoms with Gasteiger partial charge in [0, 0.05) is 12.4 Å². The number of ether oxygens (including phenoxy) is 1. The number of rotatable bonds is 3. The molecule has 0 aliphatic carbocycles. The van der Waals surface area contributed by atoms with Gasteiger partial charge in [0.1, 0.15) is 11.6 Å². The summed E-state index contributed by atoms with van der Waals surface area (Å²) < 4.78 is 6.84. The number of methoxy groups -OCH3 is 1. The molecule has 4 nitrogen and oxygen atoms in total. The summed E-state index contributed by atoms with van der Waals surface area (Å²) in [6.45, 7) is 0. The van der Waals surface area contributed by atoms with Crippen LogP contribution in [0, 0.1) is 0 Å². The van der Waals surface area contributed by atoms with Crippen LogP contribution in [-0.4, -0.2) is 16.8 Å². The summed E-state index contributed by atoms with van der Waals surface area (Å²) in [6, 6.07) is 7.60. The van der Waals surface area contributed by atoms with Crippen molar-refractivity contribution < 1.29 is 4.74 Å². The van der Waals surface area contributed by atoms with Crippen LogP contribution in [0.1, 0.15) is 0 Å². The molecule has 0 aliphatic heterocycles. The number of nitrogens with zero attached hydrogens (tertiary/aromatic N) is 2. The fraction of sp³-hybridized carbons (Fsp3) is 0.100. The van der Waals surface area contributed by atoms with Crippen molar-refractivity contribution >= 4 is 5.82 Å². The molecule has 2 heterocycles. The quantitative estimate of drug-likeness (QED) is 0.799. The first-order valence-electron chi connectivity index (χ1n) is 4.28. The molecule has 0 fully saturated rings. The summed E-state index contributed by atoms with van der Waals surface area (Å²) in [7, 11) is 1.62. The maximum Gasteiger partial charge on any atom is 0.145 e. The minimum atomic E-state index is 0.753. The second kappa shape index (κ2) is 3.83. The number of hydrogen-bond donors (Lipinski definition) is 1. The standard InChI is InChI=1S/C10H11N3O/c1-14-9-4-5-10(11-8-9)12-13-6-2-3-7-13/h2-8H,1H3,(H,11,12). The molecule has 0 atom stereocenters. The zero-order valence-corrected chi connectivity index (χ0v) is 7.84. The van der Waals surface area contributed by atoms with Crippen molar-refractivity contribution in [1.29, 1.82) is 0 Å². The lowest BCUT2D eigenvalue weighted by atomic mass is 10.4. The molecule has 0 unspecified atom stereocenters. The molecule has 0 spiro atoms. The lowest BCUT2D eigenvalue weighted by Crippen LogP contribution is -2.06. The number of hydrogen-bond acceptors (Lipinski definition) is 3. The van der Waals surface area contributed by atoms with Crippen molar-refractivity contribution in [3.63, 3.8) is 0 Å². The third-order valence-corrected chi connectivity index (χ3v) is 1.82. The zero-order valence-electron chi connectivity index (χ0n) is 7.84. The maximum absolute atomic E-state index is 5.01. The molecule has 0 saturated carbocycles. The average Bonchev–Trinajstić information content (AvgIpc) is 2.72. The van der Waals surface area contributed by atoms with E-state index in [1.165, 1.54) is 0 Å². The first kappa shape index (κ1) is 8.62. The van der Waals surface area contributed by atoms with Crippen molar-refractivity contribution in [3.05, 3.63) is 42.9 Å². The fourth-order valence-electron chi connectivity index (χ4n) is 1.11. The molecule has 2 rings (SSSR count). The van der Waals surface area contributed by atoms with Gasteiger partial charge >= 0.3 is 0 Å². The molecule has 2 aromatic heterocycles. The Balaban J connectivity index is 2.10. The Hall–Kier alpha value is -1.97. The van der Waals surface area contributed by atoms with Crippen molar-refractivity contribution in [3.8, 4) is 5.75 Å². The summed E-state index contributed by atoms with van der Waals surface area (Å²) in [5, 5.41) is 0. The first-order chi connectivity index (χ1) is 6.88. The Morgan fingerprint density at radius 3 is 2.64 bits per heavy atom. The van der Waals surface area contributed by atoms with Crippen LogP contribution < -0.4 is 10.2 Å². The second-order valence-electron chi connectivity index (χ2n) is 2.79. The number of anilines is 1. The lowest BCUT2D eigenvalue weighted by Gasteiger charge is -2.06. The Morgan fingerprint density at radius 1 is 1.29 bits per heavy atom. The topological polar surface area (TPSA) is 39.1 Å². The van der Waals surface area contributed by atoms with Gasteiger partial charge in [-0.25, -0.2) is 4.98 Å². The molecule has 0 radical (unpaired) electrons. The van der Waals surface area contributed by atoms with Crippen LogP contribution in [-0.2, 0) is 0 Å². The van der Waals surface area contributed by atoms with E-state index < -0.39 is 0 Å². The molecule has 72 valence electrons. The van der Waals surface area contributed by atoms with E-state index in [1.54, 1.807) is 13.3 Å². The van der Waals surface area contributed by atoms with Crippen molar-refractivity contribution in [2.45, 2.75) is 0 Å². The highest BCUT2D eigenvalue weighted by Crippen LogP contribution is 2.11. The van der Waals surface area contributed by atoms with Crippen LogP contribution >= 0.6 is 0 Å². The van der Waals surface area contributed by atoms with E-state index >= 15 is 0 Å². The molecule has 2 aromatic rings. The van der Waals surface area contributed by atoms with Gasteiger partial charge in [-0.3, -0.25) is 10.1 Å². The molecule has 0 bridgehead atoms. The molecule has 14 heavy (non-hydrogen) atoms. The maximum atomic E-state index is 5.01. The predicted octanol–water partition coefficient (Wildman–Crippen LogP) is 1.77. The normalized spacial score (nSPS) is 9.79. The van der Waals surface area contributed by atoms with E-state index in [0.717, 1.165) is 11.6 Å². The van der Waals surface area contributed by atoms with Gasteiger partial charge in [-0.15, -0.1) is 0 Å². The fourth-order valence-corrected chi connectivity index (χ4v) is 1.11. The summed E-state index contributed by atoms with van der Waals surface area (Å²) in [4.78, 5) is 4.17. The molecule has 0 aliphatic rings. The van der Waals surface area contributed by atoms with Crippen LogP contribution in [0.15, 0.2) is 42.9 Å². The average molecular weight is 189 g/mol. The second-order valence-corrected chi connectivity index (χ2v) is 2.79. The summed E-state index contributed by atoms with van der Waals surface area (Å²) >= 11 is 0. The Morgan fingerprint density at radius 2 is 2.07 bits per heavy atom. The Labute approximate surface area is 82.1 Å². The molecular weight excluding hydrogens is 178 g/mol. The van der Waals surface area contributed by atoms with Gasteiger partial charge in [-0.2, -0.15) is 0 Å². The molecule has 1 N–H and O–H groups in total. The van der Waals surface area contributed by atoms with Gasteiger partial charge < -0.3 is 4.74 Å². The molecule has 0 amide bonds. The highest BCUT2D eigenvalue weighted by molar-refractivity contribution is 5.37. The van der Waals surface area contributed by atoms with Gasteiger partial charge in [0.2, 0.25) is 0 Å². The van der Waals surface area contributed by atoms with Gasteiger partial charge in [-0.1, -0.05) is 0 Å². The SMILES string of the molecule is COc1ccc(Nn2cccc2)nc1. The first-order valence-corrected chi connectivity index (χ1v) is 4.28. The van der Waals surface area contributed by atoms with Gasteiger partial charge in [0.25, 0.3) is 0 Å². The van der Waals surface area contributed by atoms with Crippen LogP contribution in [0.25, 0.3) is 0 Å². The summed E-state index contributed by atoms with van der Waals surface area (Å²) in [5.74, 6) is 1.53. The van der Waals surface area contributed by atoms with Crippen LogP contribution in [0.5, 0.6) is 5.75 Å². The highest BCUT2D eigenvalue weighted by Gasteiger charge is 1.94. The number of aromatic nitrogens is 2. The van der Waals surface area contributed by atoms with E-state index in [4.69, 9.17) is 4.74 Å². The van der Waals surface area contributed by atoms with E-state index in [1.807, 2.05) is 41.3 Å². The van der Waals surface area contributed by atoms with Crippen LogP contribution in [0.3, 0.4) is 0 Å². The number of pyridine rings is 1. The van der Waals surface area contributed by atoms with Crippen LogP contribution in [0.2, 0.25) is 0 Å². The minimum Gasteiger partial charge on any atom is -0.495 e. The van der Waals surface area contributed by atoms with E-state index in [-0.39, 0.29) is 0 Å². The Kier molecular flexibility index (Phi) is 2.36. The summed E-state index contributed by atoms with van der Waals surface area (Å²) in [5.41, 5.74) is 3.09. The monoisotopic (exact) mass is 189 g/mol. The molecule has 0 saturated heterocycles. The van der Waals surface area contributed by atoms with Gasteiger partial charge in [0.05, 0.1) is 13.3 Å². The van der Waals surface area contributed by atoms with E-state index in [9.17, 15) is 0 Å². The smallest absolute Gasteiger partial charge is 0.145 e. The minimum absolute atomic E-state index is 0.753. The van der Waals surface area contributed by atoms with Crippen molar-refractivity contribution in [2.24, 2.45) is 0 Å². The molecule has 4 heteroatoms. The van der Waals surface area contributed by atoms with Crippen LogP contribution in [0.4, 0.5) is 5.82 Å². The molecular formula is C10H11N3O. The zero-order chi connectivity index (χ0) is 9.80. The molecule has 0 aromatic carbocycles. The van der Waals surface area contributed by atoms with Gasteiger partial charge in [0.15, 0.2) is 0 Å². The van der Waals surface area contributed by atoms with E-state index in [0.29, 0.717) is 0 Å².